The summed E-state index contributed by atoms with van der Waals surface area (Å²) in [5.74, 6) is 0.683. The van der Waals surface area contributed by atoms with Crippen LogP contribution in [-0.2, 0) is 11.3 Å². The minimum absolute atomic E-state index is 0.0491. The first kappa shape index (κ1) is 16.9. The first-order chi connectivity index (χ1) is 10.6. The highest BCUT2D eigenvalue weighted by atomic mass is 35.5. The van der Waals surface area contributed by atoms with Gasteiger partial charge in [0.2, 0.25) is 0 Å². The molecule has 0 aromatic heterocycles. The fourth-order valence-electron chi connectivity index (χ4n) is 2.61. The largest absolute Gasteiger partial charge is 0.496 e. The molecule has 0 spiro atoms. The molecule has 0 unspecified atom stereocenters. The molecule has 1 N–H and O–H groups in total. The predicted molar refractivity (Wildman–Crippen MR) is 86.5 cm³/mol. The van der Waals surface area contributed by atoms with Crippen molar-refractivity contribution in [1.82, 2.24) is 10.2 Å². The van der Waals surface area contributed by atoms with Gasteiger partial charge in [-0.2, -0.15) is 0 Å². The predicted octanol–water partition coefficient (Wildman–Crippen LogP) is 3.06. The number of rotatable bonds is 5. The Balaban J connectivity index is 1.83. The Morgan fingerprint density at radius 3 is 2.77 bits per heavy atom. The van der Waals surface area contributed by atoms with Gasteiger partial charge in [0.25, 0.3) is 0 Å². The molecule has 1 aliphatic rings. The van der Waals surface area contributed by atoms with E-state index in [1.807, 2.05) is 17.9 Å². The van der Waals surface area contributed by atoms with Crippen LogP contribution in [0.3, 0.4) is 0 Å². The van der Waals surface area contributed by atoms with Gasteiger partial charge in [-0.1, -0.05) is 17.7 Å². The van der Waals surface area contributed by atoms with Crippen molar-refractivity contribution in [3.8, 4) is 5.75 Å². The monoisotopic (exact) mass is 326 g/mol. The minimum atomic E-state index is -0.0491. The first-order valence-electron chi connectivity index (χ1n) is 7.60. The Hall–Kier alpha value is -1.46. The minimum Gasteiger partial charge on any atom is -0.496 e. The molecule has 2 amide bonds. The van der Waals surface area contributed by atoms with Gasteiger partial charge in [-0.25, -0.2) is 4.79 Å². The highest BCUT2D eigenvalue weighted by Crippen LogP contribution is 2.23. The van der Waals surface area contributed by atoms with Crippen LogP contribution in [0.25, 0.3) is 0 Å². The Morgan fingerprint density at radius 1 is 1.41 bits per heavy atom. The Morgan fingerprint density at radius 2 is 2.14 bits per heavy atom. The van der Waals surface area contributed by atoms with E-state index < -0.39 is 0 Å². The number of nitrogens with one attached hydrogen (secondary N) is 1. The SMILES string of the molecule is CCOC1CCN(C(=O)NCc2ccc(Cl)cc2OC)CC1. The van der Waals surface area contributed by atoms with E-state index in [-0.39, 0.29) is 12.1 Å². The topological polar surface area (TPSA) is 50.8 Å². The third kappa shape index (κ3) is 4.52. The molecule has 5 nitrogen and oxygen atoms in total. The Bertz CT molecular complexity index is 502. The second-order valence-electron chi connectivity index (χ2n) is 5.26. The third-order valence-electron chi connectivity index (χ3n) is 3.81. The van der Waals surface area contributed by atoms with Gasteiger partial charge >= 0.3 is 6.03 Å². The summed E-state index contributed by atoms with van der Waals surface area (Å²) in [4.78, 5) is 14.0. The summed E-state index contributed by atoms with van der Waals surface area (Å²) in [5.41, 5.74) is 0.907. The van der Waals surface area contributed by atoms with Gasteiger partial charge in [0.1, 0.15) is 5.75 Å². The zero-order valence-electron chi connectivity index (χ0n) is 13.1. The lowest BCUT2D eigenvalue weighted by atomic mass is 10.1. The van der Waals surface area contributed by atoms with Crippen molar-refractivity contribution in [2.24, 2.45) is 0 Å². The summed E-state index contributed by atoms with van der Waals surface area (Å²) in [6.45, 7) is 4.61. The van der Waals surface area contributed by atoms with Crippen molar-refractivity contribution < 1.29 is 14.3 Å². The van der Waals surface area contributed by atoms with Crippen molar-refractivity contribution in [2.75, 3.05) is 26.8 Å². The molecule has 2 rings (SSSR count). The number of carbonyl (C=O) groups is 1. The summed E-state index contributed by atoms with van der Waals surface area (Å²) in [5, 5.41) is 3.55. The molecule has 0 saturated carbocycles. The van der Waals surface area contributed by atoms with Gasteiger partial charge in [0.05, 0.1) is 13.2 Å². The number of hydrogen-bond donors (Lipinski definition) is 1. The number of ether oxygens (including phenoxy) is 2. The number of hydrogen-bond acceptors (Lipinski definition) is 3. The van der Waals surface area contributed by atoms with Crippen molar-refractivity contribution in [3.05, 3.63) is 28.8 Å². The molecule has 1 heterocycles. The average Bonchev–Trinajstić information content (AvgIpc) is 2.54. The lowest BCUT2D eigenvalue weighted by molar-refractivity contribution is 0.0220. The second kappa shape index (κ2) is 8.25. The molecule has 1 aromatic rings. The van der Waals surface area contributed by atoms with E-state index in [0.717, 1.165) is 38.1 Å². The van der Waals surface area contributed by atoms with Crippen molar-refractivity contribution >= 4 is 17.6 Å². The van der Waals surface area contributed by atoms with E-state index in [1.165, 1.54) is 0 Å². The summed E-state index contributed by atoms with van der Waals surface area (Å²) < 4.78 is 10.9. The van der Waals surface area contributed by atoms with Crippen LogP contribution in [0.5, 0.6) is 5.75 Å². The Labute approximate surface area is 136 Å². The number of benzene rings is 1. The number of carbonyl (C=O) groups excluding carboxylic acids is 1. The van der Waals surface area contributed by atoms with E-state index >= 15 is 0 Å². The van der Waals surface area contributed by atoms with Crippen LogP contribution in [0.4, 0.5) is 4.79 Å². The zero-order valence-corrected chi connectivity index (χ0v) is 13.9. The van der Waals surface area contributed by atoms with Crippen molar-refractivity contribution in [2.45, 2.75) is 32.4 Å². The van der Waals surface area contributed by atoms with Gasteiger partial charge in [0, 0.05) is 36.8 Å². The number of methoxy groups -OCH3 is 1. The lowest BCUT2D eigenvalue weighted by Crippen LogP contribution is -2.45. The number of piperidine rings is 1. The Kier molecular flexibility index (Phi) is 6.34. The van der Waals surface area contributed by atoms with Gasteiger partial charge in [-0.15, -0.1) is 0 Å². The smallest absolute Gasteiger partial charge is 0.317 e. The van der Waals surface area contributed by atoms with E-state index in [0.29, 0.717) is 17.3 Å². The highest BCUT2D eigenvalue weighted by Gasteiger charge is 2.22. The molecule has 0 radical (unpaired) electrons. The van der Waals surface area contributed by atoms with Crippen LogP contribution in [0.2, 0.25) is 5.02 Å². The molecule has 1 aliphatic heterocycles. The lowest BCUT2D eigenvalue weighted by Gasteiger charge is -2.31. The van der Waals surface area contributed by atoms with Crippen molar-refractivity contribution in [3.63, 3.8) is 0 Å². The zero-order chi connectivity index (χ0) is 15.9. The summed E-state index contributed by atoms with van der Waals surface area (Å²) in [7, 11) is 1.59. The maximum Gasteiger partial charge on any atom is 0.317 e. The summed E-state index contributed by atoms with van der Waals surface area (Å²) in [6, 6.07) is 5.35. The number of nitrogens with zero attached hydrogens (tertiary/aromatic N) is 1. The molecule has 6 heteroatoms. The van der Waals surface area contributed by atoms with E-state index in [9.17, 15) is 4.79 Å². The fraction of sp³-hybridized carbons (Fsp3) is 0.562. The van der Waals surface area contributed by atoms with Crippen LogP contribution in [0.1, 0.15) is 25.3 Å². The van der Waals surface area contributed by atoms with Crippen LogP contribution < -0.4 is 10.1 Å². The maximum absolute atomic E-state index is 12.2. The molecule has 1 aromatic carbocycles. The number of likely N-dealkylation sites (tertiary alicyclic amines) is 1. The van der Waals surface area contributed by atoms with E-state index in [2.05, 4.69) is 5.32 Å². The van der Waals surface area contributed by atoms with Crippen LogP contribution >= 0.6 is 11.6 Å². The quantitative estimate of drug-likeness (QED) is 0.904. The molecule has 0 bridgehead atoms. The number of halogens is 1. The molecule has 0 atom stereocenters. The molecule has 1 fully saturated rings. The van der Waals surface area contributed by atoms with Crippen molar-refractivity contribution in [1.29, 1.82) is 0 Å². The fourth-order valence-corrected chi connectivity index (χ4v) is 2.77. The molecule has 1 saturated heterocycles. The number of amides is 2. The normalized spacial score (nSPS) is 15.7. The summed E-state index contributed by atoms with van der Waals surface area (Å²) >= 11 is 5.93. The second-order valence-corrected chi connectivity index (χ2v) is 5.69. The maximum atomic E-state index is 12.2. The van der Waals surface area contributed by atoms with Gasteiger partial charge in [0.15, 0.2) is 0 Å². The molecule has 22 heavy (non-hydrogen) atoms. The molecule has 0 aliphatic carbocycles. The first-order valence-corrected chi connectivity index (χ1v) is 7.98. The van der Waals surface area contributed by atoms with E-state index in [1.54, 1.807) is 19.2 Å². The summed E-state index contributed by atoms with van der Waals surface area (Å²) in [6.07, 6.45) is 2.07. The molecule has 122 valence electrons. The van der Waals surface area contributed by atoms with Gasteiger partial charge < -0.3 is 19.7 Å². The van der Waals surface area contributed by atoms with Crippen LogP contribution in [0, 0.1) is 0 Å². The molecular weight excluding hydrogens is 304 g/mol. The molecular formula is C16H23ClN2O3. The highest BCUT2D eigenvalue weighted by molar-refractivity contribution is 6.30. The van der Waals surface area contributed by atoms with Gasteiger partial charge in [-0.3, -0.25) is 0 Å². The van der Waals surface area contributed by atoms with Gasteiger partial charge in [-0.05, 0) is 31.9 Å². The number of urea groups is 1. The van der Waals surface area contributed by atoms with E-state index in [4.69, 9.17) is 21.1 Å². The van der Waals surface area contributed by atoms with Crippen LogP contribution in [-0.4, -0.2) is 43.8 Å². The standard InChI is InChI=1S/C16H23ClN2O3/c1-3-22-14-6-8-19(9-7-14)16(20)18-11-12-4-5-13(17)10-15(12)21-2/h4-5,10,14H,3,6-9,11H2,1-2H3,(H,18,20). The third-order valence-corrected chi connectivity index (χ3v) is 4.05. The average molecular weight is 327 g/mol. The van der Waals surface area contributed by atoms with Crippen LogP contribution in [0.15, 0.2) is 18.2 Å².